The third kappa shape index (κ3) is 5.81. The van der Waals surface area contributed by atoms with E-state index in [-0.39, 0.29) is 24.5 Å². The molecule has 4 aromatic rings. The number of H-pyrrole nitrogens is 1. The Labute approximate surface area is 222 Å². The number of carbonyl (C=O) groups excluding carboxylic acids is 1. The summed E-state index contributed by atoms with van der Waals surface area (Å²) in [4.78, 5) is 20.1. The molecule has 1 fully saturated rings. The Morgan fingerprint density at radius 2 is 2.00 bits per heavy atom. The van der Waals surface area contributed by atoms with Gasteiger partial charge in [-0.15, -0.1) is 0 Å². The molecule has 0 radical (unpaired) electrons. The van der Waals surface area contributed by atoms with Gasteiger partial charge in [0.25, 0.3) is 5.91 Å². The number of fused-ring (bicyclic) bond motifs is 1. The fraction of sp³-hybridized carbons (Fsp3) is 0.333. The number of hydrogen-bond donors (Lipinski definition) is 2. The number of hydrogen-bond acceptors (Lipinski definition) is 4. The van der Waals surface area contributed by atoms with Crippen LogP contribution in [-0.4, -0.2) is 29.1 Å². The maximum absolute atomic E-state index is 12.6. The molecule has 7 heteroatoms. The second kappa shape index (κ2) is 11.0. The second-order valence-corrected chi connectivity index (χ2v) is 10.5. The van der Waals surface area contributed by atoms with Gasteiger partial charge in [-0.05, 0) is 72.7 Å². The van der Waals surface area contributed by atoms with Crippen LogP contribution in [0.25, 0.3) is 11.0 Å². The van der Waals surface area contributed by atoms with Crippen molar-refractivity contribution in [1.82, 2.24) is 9.97 Å². The van der Waals surface area contributed by atoms with Crippen molar-refractivity contribution >= 4 is 34.2 Å². The number of aromatic nitrogens is 2. The number of halogens is 1. The van der Waals surface area contributed by atoms with Crippen molar-refractivity contribution in [3.05, 3.63) is 88.7 Å². The number of amides is 1. The van der Waals surface area contributed by atoms with Crippen LogP contribution in [0.5, 0.6) is 5.75 Å². The summed E-state index contributed by atoms with van der Waals surface area (Å²) in [6.07, 6.45) is 0.959. The first kappa shape index (κ1) is 25.3. The van der Waals surface area contributed by atoms with E-state index in [2.05, 4.69) is 41.3 Å². The van der Waals surface area contributed by atoms with Crippen LogP contribution in [0.3, 0.4) is 0 Å². The molecule has 1 aliphatic heterocycles. The molecule has 0 unspecified atom stereocenters. The fourth-order valence-electron chi connectivity index (χ4n) is 5.19. The number of aryl methyl sites for hydroxylation is 1. The van der Waals surface area contributed by atoms with Gasteiger partial charge in [0.05, 0.1) is 23.7 Å². The predicted molar refractivity (Wildman–Crippen MR) is 147 cm³/mol. The summed E-state index contributed by atoms with van der Waals surface area (Å²) in [5.41, 5.74) is 4.66. The van der Waals surface area contributed by atoms with Gasteiger partial charge in [-0.25, -0.2) is 4.98 Å². The first-order chi connectivity index (χ1) is 17.9. The van der Waals surface area contributed by atoms with E-state index in [1.54, 1.807) is 0 Å². The zero-order valence-corrected chi connectivity index (χ0v) is 22.1. The van der Waals surface area contributed by atoms with Crippen LogP contribution in [0.2, 0.25) is 5.02 Å². The van der Waals surface area contributed by atoms with Crippen LogP contribution >= 0.6 is 11.6 Å². The molecule has 192 valence electrons. The smallest absolute Gasteiger partial charge is 0.262 e. The van der Waals surface area contributed by atoms with E-state index in [0.29, 0.717) is 29.9 Å². The maximum Gasteiger partial charge on any atom is 0.262 e. The average molecular weight is 518 g/mol. The van der Waals surface area contributed by atoms with Crippen molar-refractivity contribution in [3.8, 4) is 5.75 Å². The van der Waals surface area contributed by atoms with Crippen molar-refractivity contribution in [1.29, 1.82) is 0 Å². The van der Waals surface area contributed by atoms with Gasteiger partial charge in [-0.3, -0.25) is 4.79 Å². The monoisotopic (exact) mass is 517 g/mol. The molecule has 2 heterocycles. The second-order valence-electron chi connectivity index (χ2n) is 10.1. The number of benzene rings is 3. The van der Waals surface area contributed by atoms with Crippen LogP contribution in [0, 0.1) is 18.8 Å². The molecule has 0 saturated carbocycles. The molecule has 37 heavy (non-hydrogen) atoms. The van der Waals surface area contributed by atoms with Gasteiger partial charge in [-0.1, -0.05) is 55.8 Å². The van der Waals surface area contributed by atoms with Crippen molar-refractivity contribution in [2.45, 2.75) is 39.2 Å². The molecule has 3 aromatic carbocycles. The highest BCUT2D eigenvalue weighted by molar-refractivity contribution is 6.31. The molecule has 6 nitrogen and oxygen atoms in total. The molecule has 2 N–H and O–H groups in total. The Balaban J connectivity index is 1.23. The van der Waals surface area contributed by atoms with Gasteiger partial charge in [0.2, 0.25) is 0 Å². The van der Waals surface area contributed by atoms with Gasteiger partial charge in [0.1, 0.15) is 11.6 Å². The van der Waals surface area contributed by atoms with Crippen molar-refractivity contribution < 1.29 is 14.3 Å². The lowest BCUT2D eigenvalue weighted by molar-refractivity contribution is -0.118. The molecule has 1 amide bonds. The van der Waals surface area contributed by atoms with Gasteiger partial charge >= 0.3 is 0 Å². The first-order valence-electron chi connectivity index (χ1n) is 12.7. The lowest BCUT2D eigenvalue weighted by Crippen LogP contribution is -2.31. The van der Waals surface area contributed by atoms with E-state index < -0.39 is 0 Å². The summed E-state index contributed by atoms with van der Waals surface area (Å²) in [5, 5.41) is 3.69. The van der Waals surface area contributed by atoms with Gasteiger partial charge in [0, 0.05) is 16.6 Å². The van der Waals surface area contributed by atoms with Crippen LogP contribution in [0.15, 0.2) is 66.7 Å². The minimum absolute atomic E-state index is 0.0410. The van der Waals surface area contributed by atoms with E-state index in [9.17, 15) is 4.79 Å². The molecule has 3 atom stereocenters. The number of imidazole rings is 1. The van der Waals surface area contributed by atoms with Crippen LogP contribution < -0.4 is 10.1 Å². The third-order valence-electron chi connectivity index (χ3n) is 7.06. The Bertz CT molecular complexity index is 1400. The number of anilines is 1. The number of rotatable bonds is 7. The SMILES string of the molecule is Cc1nc2ccc(NC(=O)COc3cccc([C@@H]4OC[C@@H](c5ccccc5Cl)C[C@H]4C(C)C)c3)cc2[nH]1. The zero-order valence-electron chi connectivity index (χ0n) is 21.3. The summed E-state index contributed by atoms with van der Waals surface area (Å²) >= 11 is 6.49. The summed E-state index contributed by atoms with van der Waals surface area (Å²) in [7, 11) is 0. The molecule has 1 aliphatic rings. The van der Waals surface area contributed by atoms with E-state index >= 15 is 0 Å². The molecule has 1 aromatic heterocycles. The highest BCUT2D eigenvalue weighted by Gasteiger charge is 2.35. The minimum Gasteiger partial charge on any atom is -0.484 e. The number of ether oxygens (including phenoxy) is 2. The number of nitrogens with one attached hydrogen (secondary N) is 2. The average Bonchev–Trinajstić information content (AvgIpc) is 3.27. The molecular formula is C30H32ClN3O3. The Kier molecular flexibility index (Phi) is 7.49. The van der Waals surface area contributed by atoms with Gasteiger partial charge in [-0.2, -0.15) is 0 Å². The summed E-state index contributed by atoms with van der Waals surface area (Å²) in [6.45, 7) is 6.91. The largest absolute Gasteiger partial charge is 0.484 e. The van der Waals surface area contributed by atoms with E-state index in [1.165, 1.54) is 0 Å². The molecule has 5 rings (SSSR count). The summed E-state index contributed by atoms with van der Waals surface area (Å²) < 4.78 is 12.3. The summed E-state index contributed by atoms with van der Waals surface area (Å²) in [6, 6.07) is 21.5. The third-order valence-corrected chi connectivity index (χ3v) is 7.41. The van der Waals surface area contributed by atoms with Crippen molar-refractivity contribution in [2.75, 3.05) is 18.5 Å². The van der Waals surface area contributed by atoms with Crippen LogP contribution in [0.4, 0.5) is 5.69 Å². The zero-order chi connectivity index (χ0) is 25.9. The Morgan fingerprint density at radius 1 is 1.16 bits per heavy atom. The number of nitrogens with zero attached hydrogens (tertiary/aromatic N) is 1. The lowest BCUT2D eigenvalue weighted by Gasteiger charge is -2.39. The maximum atomic E-state index is 12.6. The summed E-state index contributed by atoms with van der Waals surface area (Å²) in [5.74, 6) is 2.29. The predicted octanol–water partition coefficient (Wildman–Crippen LogP) is 7.06. The highest BCUT2D eigenvalue weighted by Crippen LogP contribution is 2.45. The molecule has 0 bridgehead atoms. The first-order valence-corrected chi connectivity index (χ1v) is 13.1. The fourth-order valence-corrected chi connectivity index (χ4v) is 5.48. The van der Waals surface area contributed by atoms with E-state index in [1.807, 2.05) is 61.5 Å². The molecule has 0 aliphatic carbocycles. The standard InChI is InChI=1S/C30H32ClN3O3/c1-18(2)25-14-21(24-9-4-5-10-26(24)31)16-37-30(25)20-7-6-8-23(13-20)36-17-29(35)34-22-11-12-27-28(15-22)33-19(3)32-27/h4-13,15,18,21,25,30H,14,16-17H2,1-3H3,(H,32,33)(H,34,35)/t21-,25-,30-/m0/s1. The lowest BCUT2D eigenvalue weighted by atomic mass is 9.76. The molecular weight excluding hydrogens is 486 g/mol. The van der Waals surface area contributed by atoms with E-state index in [4.69, 9.17) is 21.1 Å². The van der Waals surface area contributed by atoms with Crippen LogP contribution in [0.1, 0.15) is 49.2 Å². The topological polar surface area (TPSA) is 76.2 Å². The van der Waals surface area contributed by atoms with Crippen LogP contribution in [-0.2, 0) is 9.53 Å². The van der Waals surface area contributed by atoms with Crippen molar-refractivity contribution in [3.63, 3.8) is 0 Å². The highest BCUT2D eigenvalue weighted by atomic mass is 35.5. The van der Waals surface area contributed by atoms with Gasteiger partial charge < -0.3 is 19.8 Å². The minimum atomic E-state index is -0.224. The van der Waals surface area contributed by atoms with E-state index in [0.717, 1.165) is 39.4 Å². The Hall–Kier alpha value is -3.35. The number of carbonyl (C=O) groups is 1. The molecule has 1 saturated heterocycles. The van der Waals surface area contributed by atoms with Gasteiger partial charge in [0.15, 0.2) is 6.61 Å². The quantitative estimate of drug-likeness (QED) is 0.275. The van der Waals surface area contributed by atoms with Crippen molar-refractivity contribution in [2.24, 2.45) is 11.8 Å². The Morgan fingerprint density at radius 3 is 2.81 bits per heavy atom. The number of aromatic amines is 1. The molecule has 0 spiro atoms. The normalized spacial score (nSPS) is 19.8.